The molecule has 1 aliphatic heterocycles. The number of piperazine rings is 1. The summed E-state index contributed by atoms with van der Waals surface area (Å²) >= 11 is 1.33. The molecule has 4 nitrogen and oxygen atoms in total. The van der Waals surface area contributed by atoms with Gasteiger partial charge in [-0.15, -0.1) is 0 Å². The van der Waals surface area contributed by atoms with Crippen LogP contribution in [0.1, 0.15) is 38.5 Å². The third kappa shape index (κ3) is 4.63. The summed E-state index contributed by atoms with van der Waals surface area (Å²) in [6, 6.07) is 3.80. The second kappa shape index (κ2) is 8.61. The summed E-state index contributed by atoms with van der Waals surface area (Å²) in [5.74, 6) is -0.318. The zero-order valence-electron chi connectivity index (χ0n) is 15.5. The maximum Gasteiger partial charge on any atom is 0.205 e. The number of aromatic nitrogens is 2. The topological polar surface area (TPSA) is 32.3 Å². The standard InChI is InChI=1S/C20H26F2N4S/c21-17-7-6-16(14-18(17)22)19-23-20(27-24-19)26-12-10-25(11-13-26)9-8-15-4-2-1-3-5-15/h6-7,14-15H,1-5,8-13H2. The smallest absolute Gasteiger partial charge is 0.205 e. The number of hydrogen-bond donors (Lipinski definition) is 0. The van der Waals surface area contributed by atoms with Gasteiger partial charge in [-0.05, 0) is 37.1 Å². The van der Waals surface area contributed by atoms with Crippen LogP contribution >= 0.6 is 11.5 Å². The van der Waals surface area contributed by atoms with Crippen molar-refractivity contribution in [2.75, 3.05) is 37.6 Å². The Morgan fingerprint density at radius 2 is 1.78 bits per heavy atom. The van der Waals surface area contributed by atoms with E-state index in [0.717, 1.165) is 49.4 Å². The van der Waals surface area contributed by atoms with Crippen molar-refractivity contribution < 1.29 is 8.78 Å². The third-order valence-electron chi connectivity index (χ3n) is 5.81. The molecule has 0 N–H and O–H groups in total. The summed E-state index contributed by atoms with van der Waals surface area (Å²) in [7, 11) is 0. The van der Waals surface area contributed by atoms with E-state index in [1.165, 1.54) is 62.7 Å². The van der Waals surface area contributed by atoms with E-state index in [1.807, 2.05) is 0 Å². The number of hydrogen-bond acceptors (Lipinski definition) is 5. The van der Waals surface area contributed by atoms with Gasteiger partial charge in [0.2, 0.25) is 5.13 Å². The van der Waals surface area contributed by atoms with Crippen LogP contribution in [0.2, 0.25) is 0 Å². The molecule has 0 amide bonds. The molecule has 1 aromatic carbocycles. The number of halogens is 2. The fraction of sp³-hybridized carbons (Fsp3) is 0.600. The minimum atomic E-state index is -0.865. The van der Waals surface area contributed by atoms with Gasteiger partial charge < -0.3 is 4.90 Å². The Balaban J connectivity index is 1.29. The number of rotatable bonds is 5. The van der Waals surface area contributed by atoms with Gasteiger partial charge in [-0.3, -0.25) is 4.90 Å². The van der Waals surface area contributed by atoms with Crippen molar-refractivity contribution in [1.82, 2.24) is 14.3 Å². The van der Waals surface area contributed by atoms with Gasteiger partial charge in [0.1, 0.15) is 0 Å². The average molecular weight is 393 g/mol. The normalized spacial score (nSPS) is 19.6. The van der Waals surface area contributed by atoms with Gasteiger partial charge in [0, 0.05) is 43.3 Å². The van der Waals surface area contributed by atoms with Gasteiger partial charge in [-0.2, -0.15) is 9.36 Å². The molecule has 0 radical (unpaired) electrons. The molecule has 0 bridgehead atoms. The van der Waals surface area contributed by atoms with Gasteiger partial charge >= 0.3 is 0 Å². The van der Waals surface area contributed by atoms with Gasteiger partial charge in [-0.25, -0.2) is 8.78 Å². The van der Waals surface area contributed by atoms with E-state index >= 15 is 0 Å². The first kappa shape index (κ1) is 18.7. The van der Waals surface area contributed by atoms with Crippen molar-refractivity contribution in [3.63, 3.8) is 0 Å². The van der Waals surface area contributed by atoms with Crippen molar-refractivity contribution in [2.45, 2.75) is 38.5 Å². The summed E-state index contributed by atoms with van der Waals surface area (Å²) < 4.78 is 30.9. The van der Waals surface area contributed by atoms with Crippen molar-refractivity contribution in [3.8, 4) is 11.4 Å². The molecule has 0 atom stereocenters. The minimum absolute atomic E-state index is 0.466. The molecule has 2 aromatic rings. The summed E-state index contributed by atoms with van der Waals surface area (Å²) in [6.45, 7) is 5.18. The van der Waals surface area contributed by atoms with Crippen molar-refractivity contribution in [3.05, 3.63) is 29.8 Å². The molecular weight excluding hydrogens is 366 g/mol. The summed E-state index contributed by atoms with van der Waals surface area (Å²) in [6.07, 6.45) is 8.41. The molecule has 1 saturated carbocycles. The molecule has 0 unspecified atom stereocenters. The second-order valence-electron chi connectivity index (χ2n) is 7.65. The fourth-order valence-corrected chi connectivity index (χ4v) is 4.84. The molecule has 27 heavy (non-hydrogen) atoms. The molecule has 7 heteroatoms. The van der Waals surface area contributed by atoms with Gasteiger partial charge in [0.05, 0.1) is 0 Å². The highest BCUT2D eigenvalue weighted by Gasteiger charge is 2.22. The van der Waals surface area contributed by atoms with Crippen molar-refractivity contribution >= 4 is 16.7 Å². The maximum absolute atomic E-state index is 13.4. The molecule has 2 fully saturated rings. The van der Waals surface area contributed by atoms with Crippen LogP contribution < -0.4 is 4.90 Å². The summed E-state index contributed by atoms with van der Waals surface area (Å²) in [5.41, 5.74) is 0.516. The highest BCUT2D eigenvalue weighted by Crippen LogP contribution is 2.28. The molecule has 146 valence electrons. The third-order valence-corrected chi connectivity index (χ3v) is 6.59. The van der Waals surface area contributed by atoms with Crippen molar-refractivity contribution in [2.24, 2.45) is 5.92 Å². The Bertz CT molecular complexity index is 752. The maximum atomic E-state index is 13.4. The molecule has 0 spiro atoms. The van der Waals surface area contributed by atoms with Gasteiger partial charge in [0.15, 0.2) is 17.5 Å². The van der Waals surface area contributed by atoms with E-state index in [4.69, 9.17) is 0 Å². The monoisotopic (exact) mass is 392 g/mol. The largest absolute Gasteiger partial charge is 0.344 e. The minimum Gasteiger partial charge on any atom is -0.344 e. The van der Waals surface area contributed by atoms with Gasteiger partial charge in [0.25, 0.3) is 0 Å². The zero-order chi connectivity index (χ0) is 18.6. The van der Waals surface area contributed by atoms with Crippen LogP contribution in [-0.2, 0) is 0 Å². The predicted molar refractivity (Wildman–Crippen MR) is 105 cm³/mol. The van der Waals surface area contributed by atoms with Crippen LogP contribution in [0, 0.1) is 17.6 Å². The zero-order valence-corrected chi connectivity index (χ0v) is 16.4. The SMILES string of the molecule is Fc1ccc(-c2nsc(N3CCN(CCC4CCCCC4)CC3)n2)cc1F. The van der Waals surface area contributed by atoms with E-state index in [-0.39, 0.29) is 0 Å². The fourth-order valence-electron chi connectivity index (χ4n) is 4.10. The van der Waals surface area contributed by atoms with Crippen LogP contribution in [0.4, 0.5) is 13.9 Å². The Hall–Kier alpha value is -1.60. The molecule has 4 rings (SSSR count). The lowest BCUT2D eigenvalue weighted by Crippen LogP contribution is -2.46. The van der Waals surface area contributed by atoms with E-state index in [1.54, 1.807) is 0 Å². The first-order valence-corrected chi connectivity index (χ1v) is 10.7. The molecule has 1 saturated heterocycles. The van der Waals surface area contributed by atoms with E-state index in [2.05, 4.69) is 19.2 Å². The van der Waals surface area contributed by atoms with Crippen LogP contribution in [-0.4, -0.2) is 47.0 Å². The quantitative estimate of drug-likeness (QED) is 0.746. The average Bonchev–Trinajstić information content (AvgIpc) is 3.20. The number of benzene rings is 1. The molecule has 1 aromatic heterocycles. The Kier molecular flexibility index (Phi) is 5.98. The first-order valence-electron chi connectivity index (χ1n) is 9.95. The summed E-state index contributed by atoms with van der Waals surface area (Å²) in [4.78, 5) is 9.35. The van der Waals surface area contributed by atoms with E-state index in [0.29, 0.717) is 11.4 Å². The second-order valence-corrected chi connectivity index (χ2v) is 8.38. The summed E-state index contributed by atoms with van der Waals surface area (Å²) in [5, 5.41) is 0.863. The lowest BCUT2D eigenvalue weighted by atomic mass is 9.87. The van der Waals surface area contributed by atoms with Crippen molar-refractivity contribution in [1.29, 1.82) is 0 Å². The predicted octanol–water partition coefficient (Wildman–Crippen LogP) is 4.58. The molecule has 2 heterocycles. The van der Waals surface area contributed by atoms with Gasteiger partial charge in [-0.1, -0.05) is 32.1 Å². The number of anilines is 1. The Labute approximate surface area is 163 Å². The Morgan fingerprint density at radius 3 is 2.52 bits per heavy atom. The van der Waals surface area contributed by atoms with E-state index in [9.17, 15) is 8.78 Å². The van der Waals surface area contributed by atoms with E-state index < -0.39 is 11.6 Å². The molecule has 1 aliphatic carbocycles. The lowest BCUT2D eigenvalue weighted by Gasteiger charge is -2.35. The lowest BCUT2D eigenvalue weighted by molar-refractivity contribution is 0.221. The van der Waals surface area contributed by atoms with Crippen LogP contribution in [0.25, 0.3) is 11.4 Å². The first-order chi connectivity index (χ1) is 13.2. The molecule has 2 aliphatic rings. The highest BCUT2D eigenvalue weighted by molar-refractivity contribution is 7.09. The number of nitrogens with zero attached hydrogens (tertiary/aromatic N) is 4. The van der Waals surface area contributed by atoms with Crippen LogP contribution in [0.15, 0.2) is 18.2 Å². The Morgan fingerprint density at radius 1 is 1.00 bits per heavy atom. The molecular formula is C20H26F2N4S. The van der Waals surface area contributed by atoms with Crippen LogP contribution in [0.3, 0.4) is 0 Å². The van der Waals surface area contributed by atoms with Crippen LogP contribution in [0.5, 0.6) is 0 Å². The highest BCUT2D eigenvalue weighted by atomic mass is 32.1.